The fourth-order valence-electron chi connectivity index (χ4n) is 4.47. The Morgan fingerprint density at radius 1 is 1.00 bits per heavy atom. The fraction of sp³-hybridized carbons (Fsp3) is 0.440. The van der Waals surface area contributed by atoms with E-state index in [0.29, 0.717) is 36.0 Å². The highest BCUT2D eigenvalue weighted by Crippen LogP contribution is 2.35. The van der Waals surface area contributed by atoms with Gasteiger partial charge in [0.1, 0.15) is 0 Å². The molecule has 1 heterocycles. The van der Waals surface area contributed by atoms with E-state index in [1.807, 2.05) is 36.9 Å². The number of benzene rings is 2. The molecule has 6 nitrogen and oxygen atoms in total. The number of amides is 2. The second-order valence-corrected chi connectivity index (χ2v) is 8.05. The molecule has 1 aliphatic carbocycles. The van der Waals surface area contributed by atoms with Gasteiger partial charge in [-0.2, -0.15) is 0 Å². The Balaban J connectivity index is 1.51. The predicted octanol–water partition coefficient (Wildman–Crippen LogP) is 4.82. The van der Waals surface area contributed by atoms with E-state index >= 15 is 0 Å². The van der Waals surface area contributed by atoms with Gasteiger partial charge in [0, 0.05) is 29.4 Å². The van der Waals surface area contributed by atoms with Crippen molar-refractivity contribution in [1.29, 1.82) is 0 Å². The average molecular weight is 423 g/mol. The highest BCUT2D eigenvalue weighted by molar-refractivity contribution is 6.05. The van der Waals surface area contributed by atoms with E-state index in [1.165, 1.54) is 0 Å². The lowest BCUT2D eigenvalue weighted by Gasteiger charge is -2.21. The molecule has 1 fully saturated rings. The third kappa shape index (κ3) is 4.53. The van der Waals surface area contributed by atoms with E-state index < -0.39 is 0 Å². The number of nitrogens with zero attached hydrogens (tertiary/aromatic N) is 1. The van der Waals surface area contributed by atoms with Crippen molar-refractivity contribution in [2.75, 3.05) is 30.0 Å². The van der Waals surface area contributed by atoms with E-state index in [9.17, 15) is 9.59 Å². The number of anilines is 2. The SMILES string of the molecule is CCOc1ccc(C(=O)Nc2ccc3c(c2)N(C(=O)C2CCCC2)CC3)cc1OCC. The number of hydrogen-bond acceptors (Lipinski definition) is 4. The second-order valence-electron chi connectivity index (χ2n) is 8.05. The molecule has 1 saturated carbocycles. The van der Waals surface area contributed by atoms with Crippen LogP contribution < -0.4 is 19.7 Å². The van der Waals surface area contributed by atoms with Gasteiger partial charge in [-0.3, -0.25) is 9.59 Å². The molecule has 0 atom stereocenters. The minimum Gasteiger partial charge on any atom is -0.490 e. The first-order valence-corrected chi connectivity index (χ1v) is 11.3. The zero-order valence-corrected chi connectivity index (χ0v) is 18.3. The van der Waals surface area contributed by atoms with Gasteiger partial charge in [0.25, 0.3) is 5.91 Å². The van der Waals surface area contributed by atoms with E-state index in [0.717, 1.165) is 49.9 Å². The summed E-state index contributed by atoms with van der Waals surface area (Å²) in [5.74, 6) is 1.33. The first-order chi connectivity index (χ1) is 15.1. The van der Waals surface area contributed by atoms with Gasteiger partial charge in [-0.15, -0.1) is 0 Å². The van der Waals surface area contributed by atoms with E-state index in [1.54, 1.807) is 18.2 Å². The van der Waals surface area contributed by atoms with Gasteiger partial charge < -0.3 is 19.7 Å². The quantitative estimate of drug-likeness (QED) is 0.695. The van der Waals surface area contributed by atoms with Crippen molar-refractivity contribution in [3.63, 3.8) is 0 Å². The minimum atomic E-state index is -0.226. The van der Waals surface area contributed by atoms with Gasteiger partial charge >= 0.3 is 0 Å². The first kappa shape index (κ1) is 21.2. The highest BCUT2D eigenvalue weighted by atomic mass is 16.5. The minimum absolute atomic E-state index is 0.144. The van der Waals surface area contributed by atoms with Crippen molar-refractivity contribution in [2.45, 2.75) is 46.0 Å². The molecule has 1 N–H and O–H groups in total. The Kier molecular flexibility index (Phi) is 6.44. The molecular formula is C25H30N2O4. The topological polar surface area (TPSA) is 67.9 Å². The van der Waals surface area contributed by atoms with Crippen molar-refractivity contribution in [1.82, 2.24) is 0 Å². The monoisotopic (exact) mass is 422 g/mol. The summed E-state index contributed by atoms with van der Waals surface area (Å²) >= 11 is 0. The van der Waals surface area contributed by atoms with Gasteiger partial charge in [-0.1, -0.05) is 18.9 Å². The molecule has 2 aliphatic rings. The lowest BCUT2D eigenvalue weighted by molar-refractivity contribution is -0.122. The molecule has 6 heteroatoms. The van der Waals surface area contributed by atoms with Gasteiger partial charge in [-0.05, 0) is 69.0 Å². The van der Waals surface area contributed by atoms with Crippen LogP contribution in [0.3, 0.4) is 0 Å². The number of hydrogen-bond donors (Lipinski definition) is 1. The first-order valence-electron chi connectivity index (χ1n) is 11.3. The van der Waals surface area contributed by atoms with Gasteiger partial charge in [0.05, 0.1) is 13.2 Å². The smallest absolute Gasteiger partial charge is 0.255 e. The van der Waals surface area contributed by atoms with Crippen molar-refractivity contribution in [3.8, 4) is 11.5 Å². The standard InChI is InChI=1S/C25H30N2O4/c1-3-30-22-12-10-19(15-23(22)31-4-2)24(28)26-20-11-9-17-13-14-27(21(17)16-20)25(29)18-7-5-6-8-18/h9-12,15-16,18H,3-8,13-14H2,1-2H3,(H,26,28). The molecule has 4 rings (SSSR count). The summed E-state index contributed by atoms with van der Waals surface area (Å²) in [7, 11) is 0. The molecule has 0 spiro atoms. The maximum atomic E-state index is 13.0. The lowest BCUT2D eigenvalue weighted by atomic mass is 10.1. The molecular weight excluding hydrogens is 392 g/mol. The van der Waals surface area contributed by atoms with Crippen LogP contribution in [0.2, 0.25) is 0 Å². The van der Waals surface area contributed by atoms with Crippen LogP contribution in [0.1, 0.15) is 55.5 Å². The van der Waals surface area contributed by atoms with Crippen molar-refractivity contribution in [2.24, 2.45) is 5.92 Å². The number of rotatable bonds is 7. The van der Waals surface area contributed by atoms with Crippen LogP contribution in [0, 0.1) is 5.92 Å². The fourth-order valence-corrected chi connectivity index (χ4v) is 4.47. The van der Waals surface area contributed by atoms with Crippen molar-refractivity contribution >= 4 is 23.2 Å². The van der Waals surface area contributed by atoms with Gasteiger partial charge in [0.2, 0.25) is 5.91 Å². The zero-order chi connectivity index (χ0) is 21.8. The number of fused-ring (bicyclic) bond motifs is 1. The van der Waals surface area contributed by atoms with Crippen LogP contribution in [0.15, 0.2) is 36.4 Å². The third-order valence-corrected chi connectivity index (χ3v) is 6.01. The Morgan fingerprint density at radius 2 is 1.74 bits per heavy atom. The van der Waals surface area contributed by atoms with Crippen LogP contribution in [0.4, 0.5) is 11.4 Å². The van der Waals surface area contributed by atoms with Crippen LogP contribution >= 0.6 is 0 Å². The summed E-state index contributed by atoms with van der Waals surface area (Å²) in [6.45, 7) is 5.53. The van der Waals surface area contributed by atoms with Gasteiger partial charge in [-0.25, -0.2) is 0 Å². The molecule has 2 amide bonds. The molecule has 164 valence electrons. The number of carbonyl (C=O) groups is 2. The molecule has 0 radical (unpaired) electrons. The summed E-state index contributed by atoms with van der Waals surface area (Å²) in [4.78, 5) is 27.7. The average Bonchev–Trinajstić information content (AvgIpc) is 3.45. The molecule has 2 aromatic rings. The van der Waals surface area contributed by atoms with E-state index in [-0.39, 0.29) is 17.7 Å². The molecule has 1 aliphatic heterocycles. The van der Waals surface area contributed by atoms with Crippen LogP contribution in [-0.2, 0) is 11.2 Å². The molecule has 0 bridgehead atoms. The number of nitrogens with one attached hydrogen (secondary N) is 1. The molecule has 0 saturated heterocycles. The third-order valence-electron chi connectivity index (χ3n) is 6.01. The van der Waals surface area contributed by atoms with Crippen molar-refractivity contribution < 1.29 is 19.1 Å². The summed E-state index contributed by atoms with van der Waals surface area (Å²) < 4.78 is 11.2. The van der Waals surface area contributed by atoms with Gasteiger partial charge in [0.15, 0.2) is 11.5 Å². The second kappa shape index (κ2) is 9.41. The Morgan fingerprint density at radius 3 is 2.48 bits per heavy atom. The molecule has 0 aromatic heterocycles. The normalized spacial score (nSPS) is 15.6. The molecule has 31 heavy (non-hydrogen) atoms. The predicted molar refractivity (Wildman–Crippen MR) is 121 cm³/mol. The summed E-state index contributed by atoms with van der Waals surface area (Å²) in [6, 6.07) is 11.0. The van der Waals surface area contributed by atoms with E-state index in [2.05, 4.69) is 5.32 Å². The summed E-state index contributed by atoms with van der Waals surface area (Å²) in [6.07, 6.45) is 5.11. The van der Waals surface area contributed by atoms with Crippen LogP contribution in [0.5, 0.6) is 11.5 Å². The van der Waals surface area contributed by atoms with Crippen molar-refractivity contribution in [3.05, 3.63) is 47.5 Å². The Labute approximate surface area is 183 Å². The highest BCUT2D eigenvalue weighted by Gasteiger charge is 2.32. The Hall–Kier alpha value is -3.02. The summed E-state index contributed by atoms with van der Waals surface area (Å²) in [5, 5.41) is 2.96. The maximum Gasteiger partial charge on any atom is 0.255 e. The largest absolute Gasteiger partial charge is 0.490 e. The molecule has 0 unspecified atom stereocenters. The zero-order valence-electron chi connectivity index (χ0n) is 18.3. The lowest BCUT2D eigenvalue weighted by Crippen LogP contribution is -2.33. The number of carbonyl (C=O) groups excluding carboxylic acids is 2. The molecule has 2 aromatic carbocycles. The Bertz CT molecular complexity index is 966. The summed E-state index contributed by atoms with van der Waals surface area (Å²) in [5.41, 5.74) is 3.26. The number of ether oxygens (including phenoxy) is 2. The maximum absolute atomic E-state index is 13.0. The van der Waals surface area contributed by atoms with Crippen LogP contribution in [-0.4, -0.2) is 31.6 Å². The van der Waals surface area contributed by atoms with E-state index in [4.69, 9.17) is 9.47 Å². The van der Waals surface area contributed by atoms with Crippen LogP contribution in [0.25, 0.3) is 0 Å².